The zero-order valence-electron chi connectivity index (χ0n) is 12.0. The zero-order chi connectivity index (χ0) is 17.3. The molecule has 6 nitrogen and oxygen atoms in total. The van der Waals surface area contributed by atoms with Crippen molar-refractivity contribution in [1.29, 1.82) is 0 Å². The Bertz CT molecular complexity index is 669. The number of nitrogens with zero attached hydrogens (tertiary/aromatic N) is 1. The van der Waals surface area contributed by atoms with Crippen LogP contribution < -0.4 is 5.32 Å². The highest BCUT2D eigenvalue weighted by atomic mass is 32.2. The zero-order valence-corrected chi connectivity index (χ0v) is 12.8. The molecule has 22 heavy (non-hydrogen) atoms. The number of hydrogen-bond acceptors (Lipinski definition) is 4. The maximum atomic E-state index is 13.1. The molecule has 10 heteroatoms. The number of rotatable bonds is 3. The predicted molar refractivity (Wildman–Crippen MR) is 72.3 cm³/mol. The Balaban J connectivity index is 3.42. The number of hydroxylamine groups is 2. The Morgan fingerprint density at radius 1 is 1.32 bits per heavy atom. The summed E-state index contributed by atoms with van der Waals surface area (Å²) in [5.41, 5.74) is -1.67. The van der Waals surface area contributed by atoms with Gasteiger partial charge in [0.25, 0.3) is 0 Å². The molecule has 0 unspecified atom stereocenters. The lowest BCUT2D eigenvalue weighted by Gasteiger charge is -2.17. The summed E-state index contributed by atoms with van der Waals surface area (Å²) < 4.78 is 63.3. The minimum absolute atomic E-state index is 0.145. The number of urea groups is 1. The van der Waals surface area contributed by atoms with Gasteiger partial charge >= 0.3 is 12.2 Å². The second kappa shape index (κ2) is 6.13. The van der Waals surface area contributed by atoms with Crippen LogP contribution in [0.4, 0.5) is 23.7 Å². The van der Waals surface area contributed by atoms with E-state index in [0.29, 0.717) is 6.07 Å². The normalized spacial score (nSPS) is 12.4. The van der Waals surface area contributed by atoms with E-state index in [9.17, 15) is 26.4 Å². The second-order valence-corrected chi connectivity index (χ2v) is 7.23. The van der Waals surface area contributed by atoms with E-state index in [0.717, 1.165) is 19.2 Å². The number of nitrogens with one attached hydrogen (secondary N) is 1. The van der Waals surface area contributed by atoms with Crippen molar-refractivity contribution >= 4 is 21.6 Å². The highest BCUT2D eigenvalue weighted by molar-refractivity contribution is 7.92. The molecular formula is C12H15F3N2O4S. The molecule has 0 saturated heterocycles. The molecule has 1 rings (SSSR count). The van der Waals surface area contributed by atoms with Crippen LogP contribution in [0.1, 0.15) is 19.4 Å². The molecule has 2 amide bonds. The minimum Gasteiger partial charge on any atom is -0.306 e. The largest absolute Gasteiger partial charge is 0.417 e. The first kappa shape index (κ1) is 18.2. The molecule has 0 aliphatic heterocycles. The van der Waals surface area contributed by atoms with Crippen LogP contribution in [0.3, 0.4) is 0 Å². The third-order valence-electron chi connectivity index (χ3n) is 2.76. The van der Waals surface area contributed by atoms with Crippen LogP contribution >= 0.6 is 0 Å². The van der Waals surface area contributed by atoms with E-state index in [1.165, 1.54) is 13.8 Å². The number of hydrogen-bond donors (Lipinski definition) is 2. The number of anilines is 1. The molecule has 0 heterocycles. The molecule has 124 valence electrons. The summed E-state index contributed by atoms with van der Waals surface area (Å²) in [5, 5.41) is 9.99. The molecular weight excluding hydrogens is 325 g/mol. The van der Waals surface area contributed by atoms with Crippen molar-refractivity contribution < 1.29 is 31.6 Å². The van der Waals surface area contributed by atoms with E-state index in [4.69, 9.17) is 5.21 Å². The Kier molecular flexibility index (Phi) is 5.08. The van der Waals surface area contributed by atoms with E-state index in [1.807, 2.05) is 5.32 Å². The van der Waals surface area contributed by atoms with Crippen molar-refractivity contribution in [2.75, 3.05) is 12.4 Å². The molecule has 0 aliphatic carbocycles. The smallest absolute Gasteiger partial charge is 0.306 e. The number of carbonyl (C=O) groups is 1. The fourth-order valence-electron chi connectivity index (χ4n) is 1.54. The van der Waals surface area contributed by atoms with Crippen molar-refractivity contribution in [2.45, 2.75) is 30.2 Å². The Morgan fingerprint density at radius 2 is 1.86 bits per heavy atom. The summed E-state index contributed by atoms with van der Waals surface area (Å²) in [6.45, 7) is 2.54. The molecule has 0 saturated carbocycles. The van der Waals surface area contributed by atoms with Gasteiger partial charge in [-0.25, -0.2) is 18.3 Å². The van der Waals surface area contributed by atoms with Gasteiger partial charge in [-0.05, 0) is 32.0 Å². The number of benzene rings is 1. The summed E-state index contributed by atoms with van der Waals surface area (Å²) in [6, 6.07) is 1.25. The van der Waals surface area contributed by atoms with Gasteiger partial charge in [0.2, 0.25) is 0 Å². The molecule has 0 fully saturated rings. The van der Waals surface area contributed by atoms with Gasteiger partial charge in [0.05, 0.1) is 15.7 Å². The third kappa shape index (κ3) is 3.89. The predicted octanol–water partition coefficient (Wildman–Crippen LogP) is 2.74. The molecule has 0 aromatic heterocycles. The topological polar surface area (TPSA) is 86.7 Å². The standard InChI is InChI=1S/C12H15F3N2O4S/c1-7(2)22(20,21)10-5-4-8(16-11(18)17(3)19)6-9(10)12(13,14)15/h4-7,19H,1-3H3,(H,16,18). The van der Waals surface area contributed by atoms with Crippen molar-refractivity contribution in [3.8, 4) is 0 Å². The molecule has 2 N–H and O–H groups in total. The van der Waals surface area contributed by atoms with E-state index in [2.05, 4.69) is 0 Å². The average molecular weight is 340 g/mol. The van der Waals surface area contributed by atoms with E-state index in [-0.39, 0.29) is 10.8 Å². The van der Waals surface area contributed by atoms with Gasteiger partial charge in [-0.2, -0.15) is 13.2 Å². The van der Waals surface area contributed by atoms with Crippen LogP contribution in [0.2, 0.25) is 0 Å². The molecule has 0 radical (unpaired) electrons. The van der Waals surface area contributed by atoms with Gasteiger partial charge in [0.1, 0.15) is 0 Å². The molecule has 1 aromatic carbocycles. The Morgan fingerprint density at radius 3 is 2.27 bits per heavy atom. The van der Waals surface area contributed by atoms with Gasteiger partial charge in [-0.1, -0.05) is 0 Å². The summed E-state index contributed by atoms with van der Waals surface area (Å²) in [7, 11) is -3.16. The van der Waals surface area contributed by atoms with Gasteiger partial charge in [-0.15, -0.1) is 0 Å². The quantitative estimate of drug-likeness (QED) is 0.654. The molecule has 0 atom stereocenters. The first-order chi connectivity index (χ1) is 9.87. The Hall–Kier alpha value is -1.81. The lowest BCUT2D eigenvalue weighted by molar-refractivity contribution is -0.139. The lowest BCUT2D eigenvalue weighted by atomic mass is 10.2. The number of carbonyl (C=O) groups excluding carboxylic acids is 1. The van der Waals surface area contributed by atoms with Crippen LogP contribution in [-0.4, -0.2) is 37.0 Å². The summed E-state index contributed by atoms with van der Waals surface area (Å²) in [6.07, 6.45) is -4.91. The summed E-state index contributed by atoms with van der Waals surface area (Å²) in [4.78, 5) is 10.4. The monoisotopic (exact) mass is 340 g/mol. The van der Waals surface area contributed by atoms with Crippen molar-refractivity contribution in [3.63, 3.8) is 0 Å². The van der Waals surface area contributed by atoms with Gasteiger partial charge in [0.15, 0.2) is 9.84 Å². The first-order valence-electron chi connectivity index (χ1n) is 6.06. The summed E-state index contributed by atoms with van der Waals surface area (Å²) in [5.74, 6) is 0. The van der Waals surface area contributed by atoms with Crippen molar-refractivity contribution in [2.24, 2.45) is 0 Å². The van der Waals surface area contributed by atoms with Gasteiger partial charge in [0, 0.05) is 12.7 Å². The second-order valence-electron chi connectivity index (χ2n) is 4.76. The fraction of sp³-hybridized carbons (Fsp3) is 0.417. The highest BCUT2D eigenvalue weighted by Crippen LogP contribution is 2.37. The van der Waals surface area contributed by atoms with Crippen LogP contribution in [-0.2, 0) is 16.0 Å². The fourth-order valence-corrected chi connectivity index (χ4v) is 2.78. The van der Waals surface area contributed by atoms with E-state index >= 15 is 0 Å². The lowest BCUT2D eigenvalue weighted by Crippen LogP contribution is -2.28. The van der Waals surface area contributed by atoms with Crippen LogP contribution in [0, 0.1) is 0 Å². The average Bonchev–Trinajstić information content (AvgIpc) is 2.37. The van der Waals surface area contributed by atoms with E-state index < -0.39 is 37.8 Å². The number of halogens is 3. The summed E-state index contributed by atoms with van der Waals surface area (Å²) >= 11 is 0. The molecule has 0 spiro atoms. The number of amides is 2. The van der Waals surface area contributed by atoms with Gasteiger partial charge in [-0.3, -0.25) is 5.21 Å². The molecule has 0 aliphatic rings. The highest BCUT2D eigenvalue weighted by Gasteiger charge is 2.38. The van der Waals surface area contributed by atoms with Crippen LogP contribution in [0.25, 0.3) is 0 Å². The molecule has 1 aromatic rings. The van der Waals surface area contributed by atoms with Crippen molar-refractivity contribution in [1.82, 2.24) is 5.06 Å². The van der Waals surface area contributed by atoms with Crippen LogP contribution in [0.15, 0.2) is 23.1 Å². The maximum Gasteiger partial charge on any atom is 0.417 e. The van der Waals surface area contributed by atoms with Crippen LogP contribution in [0.5, 0.6) is 0 Å². The van der Waals surface area contributed by atoms with E-state index in [1.54, 1.807) is 0 Å². The van der Waals surface area contributed by atoms with Gasteiger partial charge < -0.3 is 5.32 Å². The maximum absolute atomic E-state index is 13.1. The first-order valence-corrected chi connectivity index (χ1v) is 7.60. The SMILES string of the molecule is CC(C)S(=O)(=O)c1ccc(NC(=O)N(C)O)cc1C(F)(F)F. The third-order valence-corrected chi connectivity index (χ3v) is 4.97. The minimum atomic E-state index is -4.91. The number of alkyl halides is 3. The number of sulfone groups is 1. The Labute approximate surface area is 125 Å². The van der Waals surface area contributed by atoms with Crippen molar-refractivity contribution in [3.05, 3.63) is 23.8 Å². The molecule has 0 bridgehead atoms.